The number of urea groups is 1. The first-order valence-corrected chi connectivity index (χ1v) is 7.86. The minimum atomic E-state index is -0.288. The fourth-order valence-corrected chi connectivity index (χ4v) is 3.08. The Kier molecular flexibility index (Phi) is 3.06. The minimum absolute atomic E-state index is 0.288. The Morgan fingerprint density at radius 3 is 3.14 bits per heavy atom. The van der Waals surface area contributed by atoms with Crippen LogP contribution in [0, 0.1) is 0 Å². The van der Waals surface area contributed by atoms with Crippen molar-refractivity contribution in [2.75, 3.05) is 5.32 Å². The number of nitrogens with zero attached hydrogens (tertiary/aromatic N) is 5. The van der Waals surface area contributed by atoms with E-state index in [4.69, 9.17) is 0 Å². The van der Waals surface area contributed by atoms with Gasteiger partial charge in [-0.3, -0.25) is 5.32 Å². The van der Waals surface area contributed by atoms with Crippen LogP contribution in [0.15, 0.2) is 0 Å². The molecule has 0 aromatic carbocycles. The van der Waals surface area contributed by atoms with Gasteiger partial charge in [0.1, 0.15) is 11.6 Å². The maximum absolute atomic E-state index is 11.9. The van der Waals surface area contributed by atoms with Crippen molar-refractivity contribution in [1.82, 2.24) is 29.4 Å². The summed E-state index contributed by atoms with van der Waals surface area (Å²) in [4.78, 5) is 16.2. The molecule has 0 unspecified atom stereocenters. The van der Waals surface area contributed by atoms with Crippen LogP contribution in [-0.4, -0.2) is 30.2 Å². The van der Waals surface area contributed by atoms with Crippen molar-refractivity contribution in [3.8, 4) is 0 Å². The van der Waals surface area contributed by atoms with Gasteiger partial charge in [0.15, 0.2) is 5.82 Å². The highest BCUT2D eigenvalue weighted by Crippen LogP contribution is 2.39. The van der Waals surface area contributed by atoms with Gasteiger partial charge in [-0.2, -0.15) is 4.37 Å². The maximum atomic E-state index is 11.9. The molecule has 0 saturated heterocycles. The Bertz CT molecular complexity index is 675. The molecule has 1 fully saturated rings. The van der Waals surface area contributed by atoms with Gasteiger partial charge in [0.05, 0.1) is 6.54 Å². The summed E-state index contributed by atoms with van der Waals surface area (Å²) < 4.78 is 6.32. The second-order valence-corrected chi connectivity index (χ2v) is 6.08. The smallest absolute Gasteiger partial charge is 0.321 e. The van der Waals surface area contributed by atoms with Crippen molar-refractivity contribution in [2.24, 2.45) is 0 Å². The molecule has 21 heavy (non-hydrogen) atoms. The van der Waals surface area contributed by atoms with Gasteiger partial charge in [-0.15, -0.1) is 10.2 Å². The van der Waals surface area contributed by atoms with E-state index in [1.807, 2.05) is 0 Å². The molecule has 0 atom stereocenters. The number of nitrogens with one attached hydrogen (secondary N) is 2. The van der Waals surface area contributed by atoms with Gasteiger partial charge in [-0.05, 0) is 19.3 Å². The Morgan fingerprint density at radius 2 is 2.29 bits per heavy atom. The standard InChI is InChI=1S/C12H15N7OS/c20-11(15-12-14-10(18-21-12)7-3-4-7)13-6-9-17-16-8-2-1-5-19(8)9/h7H,1-6H2,(H2,13,14,15,18,20). The van der Waals surface area contributed by atoms with Crippen molar-refractivity contribution >= 4 is 22.7 Å². The number of hydrogen-bond donors (Lipinski definition) is 2. The molecule has 2 aromatic rings. The van der Waals surface area contributed by atoms with Gasteiger partial charge < -0.3 is 9.88 Å². The lowest BCUT2D eigenvalue weighted by molar-refractivity contribution is 0.251. The number of aromatic nitrogens is 5. The third-order valence-electron chi connectivity index (χ3n) is 3.70. The highest BCUT2D eigenvalue weighted by molar-refractivity contribution is 7.09. The first-order chi connectivity index (χ1) is 10.3. The van der Waals surface area contributed by atoms with Crippen LogP contribution in [0.2, 0.25) is 0 Å². The summed E-state index contributed by atoms with van der Waals surface area (Å²) >= 11 is 1.22. The van der Waals surface area contributed by atoms with E-state index in [0.29, 0.717) is 17.6 Å². The summed E-state index contributed by atoms with van der Waals surface area (Å²) in [6.07, 6.45) is 4.37. The van der Waals surface area contributed by atoms with Crippen LogP contribution in [-0.2, 0) is 19.5 Å². The van der Waals surface area contributed by atoms with Crippen LogP contribution < -0.4 is 10.6 Å². The molecule has 3 heterocycles. The van der Waals surface area contributed by atoms with Crippen LogP contribution in [0.5, 0.6) is 0 Å². The number of carbonyl (C=O) groups excluding carboxylic acids is 1. The highest BCUT2D eigenvalue weighted by atomic mass is 32.1. The molecular formula is C12H15N7OS. The molecule has 4 rings (SSSR count). The summed E-state index contributed by atoms with van der Waals surface area (Å²) in [7, 11) is 0. The van der Waals surface area contributed by atoms with Crippen LogP contribution >= 0.6 is 11.5 Å². The molecule has 2 aromatic heterocycles. The number of aryl methyl sites for hydroxylation is 1. The molecule has 1 saturated carbocycles. The molecule has 1 aliphatic carbocycles. The first kappa shape index (κ1) is 12.7. The quantitative estimate of drug-likeness (QED) is 0.886. The molecule has 0 spiro atoms. The van der Waals surface area contributed by atoms with Crippen molar-refractivity contribution in [1.29, 1.82) is 0 Å². The second-order valence-electron chi connectivity index (χ2n) is 5.33. The number of rotatable bonds is 4. The largest absolute Gasteiger partial charge is 0.331 e. The summed E-state index contributed by atoms with van der Waals surface area (Å²) in [5, 5.41) is 14.2. The van der Waals surface area contributed by atoms with E-state index in [2.05, 4.69) is 34.8 Å². The van der Waals surface area contributed by atoms with E-state index in [1.165, 1.54) is 11.5 Å². The Balaban J connectivity index is 1.32. The molecule has 110 valence electrons. The third-order valence-corrected chi connectivity index (χ3v) is 4.34. The Labute approximate surface area is 125 Å². The van der Waals surface area contributed by atoms with Crippen molar-refractivity contribution in [3.63, 3.8) is 0 Å². The predicted octanol–water partition coefficient (Wildman–Crippen LogP) is 1.27. The molecule has 8 nitrogen and oxygen atoms in total. The van der Waals surface area contributed by atoms with E-state index >= 15 is 0 Å². The lowest BCUT2D eigenvalue weighted by atomic mass is 10.4. The zero-order valence-corrected chi connectivity index (χ0v) is 12.2. The molecule has 2 N–H and O–H groups in total. The lowest BCUT2D eigenvalue weighted by Crippen LogP contribution is -2.29. The van der Waals surface area contributed by atoms with Gasteiger partial charge in [0.25, 0.3) is 0 Å². The monoisotopic (exact) mass is 305 g/mol. The Hall–Kier alpha value is -2.03. The number of carbonyl (C=O) groups is 1. The zero-order valence-electron chi connectivity index (χ0n) is 11.4. The van der Waals surface area contributed by atoms with Gasteiger partial charge >= 0.3 is 6.03 Å². The number of fused-ring (bicyclic) bond motifs is 1. The summed E-state index contributed by atoms with van der Waals surface area (Å²) in [5.41, 5.74) is 0. The fourth-order valence-electron chi connectivity index (χ4n) is 2.44. The van der Waals surface area contributed by atoms with E-state index in [1.54, 1.807) is 0 Å². The van der Waals surface area contributed by atoms with Crippen LogP contribution in [0.4, 0.5) is 9.93 Å². The van der Waals surface area contributed by atoms with Crippen LogP contribution in [0.1, 0.15) is 42.7 Å². The average molecular weight is 305 g/mol. The summed E-state index contributed by atoms with van der Waals surface area (Å²) in [5.74, 6) is 3.16. The zero-order chi connectivity index (χ0) is 14.2. The fraction of sp³-hybridized carbons (Fsp3) is 0.583. The van der Waals surface area contributed by atoms with Gasteiger partial charge in [0.2, 0.25) is 5.13 Å². The predicted molar refractivity (Wildman–Crippen MR) is 76.1 cm³/mol. The normalized spacial score (nSPS) is 16.8. The van der Waals surface area contributed by atoms with E-state index < -0.39 is 0 Å². The van der Waals surface area contributed by atoms with E-state index in [9.17, 15) is 4.79 Å². The second kappa shape index (κ2) is 5.06. The SMILES string of the molecule is O=C(NCc1nnc2n1CCC2)Nc1nc(C2CC2)ns1. The van der Waals surface area contributed by atoms with Gasteiger partial charge in [-0.1, -0.05) is 0 Å². The van der Waals surface area contributed by atoms with Crippen LogP contribution in [0.25, 0.3) is 0 Å². The van der Waals surface area contributed by atoms with E-state index in [0.717, 1.165) is 49.7 Å². The minimum Gasteiger partial charge on any atom is -0.331 e. The Morgan fingerprint density at radius 1 is 1.38 bits per heavy atom. The number of amides is 2. The molecule has 0 bridgehead atoms. The van der Waals surface area contributed by atoms with E-state index in [-0.39, 0.29) is 6.03 Å². The van der Waals surface area contributed by atoms with Crippen molar-refractivity contribution in [2.45, 2.75) is 44.7 Å². The molecule has 2 amide bonds. The van der Waals surface area contributed by atoms with Crippen molar-refractivity contribution < 1.29 is 4.79 Å². The highest BCUT2D eigenvalue weighted by Gasteiger charge is 2.28. The number of anilines is 1. The van der Waals surface area contributed by atoms with Gasteiger partial charge in [-0.25, -0.2) is 9.78 Å². The van der Waals surface area contributed by atoms with Crippen molar-refractivity contribution in [3.05, 3.63) is 17.5 Å². The topological polar surface area (TPSA) is 97.6 Å². The maximum Gasteiger partial charge on any atom is 0.321 e. The molecule has 1 aliphatic heterocycles. The third kappa shape index (κ3) is 2.60. The molecule has 2 aliphatic rings. The number of hydrogen-bond acceptors (Lipinski definition) is 6. The first-order valence-electron chi connectivity index (χ1n) is 7.09. The summed E-state index contributed by atoms with van der Waals surface area (Å²) in [6, 6.07) is -0.288. The lowest BCUT2D eigenvalue weighted by Gasteiger charge is -2.05. The van der Waals surface area contributed by atoms with Gasteiger partial charge in [0, 0.05) is 30.4 Å². The summed E-state index contributed by atoms with van der Waals surface area (Å²) in [6.45, 7) is 1.30. The average Bonchev–Trinajstić information content (AvgIpc) is 2.88. The molecule has 9 heteroatoms. The molecular weight excluding hydrogens is 290 g/mol. The van der Waals surface area contributed by atoms with Crippen LogP contribution in [0.3, 0.4) is 0 Å². The molecule has 0 radical (unpaired) electrons.